The van der Waals surface area contributed by atoms with E-state index in [0.717, 1.165) is 31.6 Å². The minimum Gasteiger partial charge on any atom is -0.335 e. The van der Waals surface area contributed by atoms with Gasteiger partial charge >= 0.3 is 6.03 Å². The van der Waals surface area contributed by atoms with Crippen LogP contribution in [-0.4, -0.2) is 28.8 Å². The van der Waals surface area contributed by atoms with E-state index in [9.17, 15) is 4.79 Å². The Morgan fingerprint density at radius 1 is 1.04 bits per heavy atom. The first-order valence-corrected chi connectivity index (χ1v) is 9.06. The summed E-state index contributed by atoms with van der Waals surface area (Å²) < 4.78 is 0. The summed E-state index contributed by atoms with van der Waals surface area (Å²) in [5, 5.41) is 14.3. The van der Waals surface area contributed by atoms with Gasteiger partial charge in [-0.1, -0.05) is 37.5 Å². The highest BCUT2D eigenvalue weighted by molar-refractivity contribution is 5.88. The summed E-state index contributed by atoms with van der Waals surface area (Å²) in [7, 11) is 0. The van der Waals surface area contributed by atoms with Crippen LogP contribution in [0.1, 0.15) is 37.7 Å². The maximum Gasteiger partial charge on any atom is 0.320 e. The van der Waals surface area contributed by atoms with E-state index in [1.807, 2.05) is 18.2 Å². The molecule has 0 saturated heterocycles. The summed E-state index contributed by atoms with van der Waals surface area (Å²) in [6.07, 6.45) is 6.79. The zero-order chi connectivity index (χ0) is 17.1. The highest BCUT2D eigenvalue weighted by atomic mass is 16.2. The Hall–Kier alpha value is -2.63. The number of rotatable bonds is 3. The second kappa shape index (κ2) is 7.09. The average molecular weight is 337 g/mol. The number of carbonyl (C=O) groups is 1. The van der Waals surface area contributed by atoms with Gasteiger partial charge in [-0.3, -0.25) is 5.32 Å². The summed E-state index contributed by atoms with van der Waals surface area (Å²) in [6.45, 7) is 0.906. The molecule has 6 nitrogen and oxygen atoms in total. The molecule has 2 amide bonds. The first kappa shape index (κ1) is 15.9. The fourth-order valence-electron chi connectivity index (χ4n) is 3.70. The summed E-state index contributed by atoms with van der Waals surface area (Å²) in [5.41, 5.74) is 2.52. The van der Waals surface area contributed by atoms with Gasteiger partial charge in [-0.05, 0) is 43.0 Å². The lowest BCUT2D eigenvalue weighted by atomic mass is 9.96. The molecule has 2 aromatic rings. The predicted molar refractivity (Wildman–Crippen MR) is 98.2 cm³/mol. The number of benzene rings is 1. The Bertz CT molecular complexity index is 740. The molecule has 25 heavy (non-hydrogen) atoms. The first-order valence-electron chi connectivity index (χ1n) is 9.06. The van der Waals surface area contributed by atoms with Crippen molar-refractivity contribution >= 4 is 23.4 Å². The fraction of sp³-hybridized carbons (Fsp3) is 0.421. The SMILES string of the molecule is O=C(Nc1ccc(N2CCc3ccccc32)nn1)NC1CCCCC1. The van der Waals surface area contributed by atoms with Crippen molar-refractivity contribution in [3.63, 3.8) is 0 Å². The normalized spacial score (nSPS) is 17.2. The molecule has 1 fully saturated rings. The van der Waals surface area contributed by atoms with Crippen molar-refractivity contribution in [3.8, 4) is 0 Å². The molecule has 0 bridgehead atoms. The van der Waals surface area contributed by atoms with E-state index in [1.54, 1.807) is 0 Å². The summed E-state index contributed by atoms with van der Waals surface area (Å²) >= 11 is 0. The van der Waals surface area contributed by atoms with Crippen LogP contribution in [0.25, 0.3) is 0 Å². The second-order valence-corrected chi connectivity index (χ2v) is 6.74. The Morgan fingerprint density at radius 3 is 2.68 bits per heavy atom. The summed E-state index contributed by atoms with van der Waals surface area (Å²) in [5.74, 6) is 1.28. The molecule has 1 aliphatic carbocycles. The van der Waals surface area contributed by atoms with Gasteiger partial charge in [0.05, 0.1) is 0 Å². The highest BCUT2D eigenvalue weighted by Gasteiger charge is 2.21. The van der Waals surface area contributed by atoms with Crippen LogP contribution in [0.4, 0.5) is 22.1 Å². The molecule has 1 aliphatic heterocycles. The van der Waals surface area contributed by atoms with E-state index >= 15 is 0 Å². The van der Waals surface area contributed by atoms with Crippen LogP contribution in [0.3, 0.4) is 0 Å². The molecule has 130 valence electrons. The van der Waals surface area contributed by atoms with Gasteiger partial charge in [-0.25, -0.2) is 4.79 Å². The van der Waals surface area contributed by atoms with Gasteiger partial charge in [0.2, 0.25) is 0 Å². The zero-order valence-corrected chi connectivity index (χ0v) is 14.2. The van der Waals surface area contributed by atoms with Gasteiger partial charge in [-0.2, -0.15) is 0 Å². The number of carbonyl (C=O) groups excluding carboxylic acids is 1. The van der Waals surface area contributed by atoms with Crippen LogP contribution in [0.15, 0.2) is 36.4 Å². The van der Waals surface area contributed by atoms with Crippen LogP contribution in [0, 0.1) is 0 Å². The molecule has 1 aromatic carbocycles. The van der Waals surface area contributed by atoms with Crippen LogP contribution in [0.2, 0.25) is 0 Å². The molecule has 1 aromatic heterocycles. The lowest BCUT2D eigenvalue weighted by Crippen LogP contribution is -2.39. The molecule has 2 N–H and O–H groups in total. The maximum absolute atomic E-state index is 12.1. The number of fused-ring (bicyclic) bond motifs is 1. The molecule has 1 saturated carbocycles. The largest absolute Gasteiger partial charge is 0.335 e. The lowest BCUT2D eigenvalue weighted by Gasteiger charge is -2.22. The van der Waals surface area contributed by atoms with Crippen LogP contribution in [0.5, 0.6) is 0 Å². The molecule has 4 rings (SSSR count). The number of hydrogen-bond acceptors (Lipinski definition) is 4. The molecule has 2 aliphatic rings. The molecule has 0 radical (unpaired) electrons. The van der Waals surface area contributed by atoms with Crippen molar-refractivity contribution in [2.75, 3.05) is 16.8 Å². The lowest BCUT2D eigenvalue weighted by molar-refractivity contribution is 0.244. The highest BCUT2D eigenvalue weighted by Crippen LogP contribution is 2.32. The predicted octanol–water partition coefficient (Wildman–Crippen LogP) is 3.63. The quantitative estimate of drug-likeness (QED) is 0.897. The van der Waals surface area contributed by atoms with Crippen LogP contribution in [-0.2, 0) is 6.42 Å². The van der Waals surface area contributed by atoms with Crippen molar-refractivity contribution < 1.29 is 4.79 Å². The standard InChI is InChI=1S/C19H23N5O/c25-19(20-15-7-2-1-3-8-15)21-17-10-11-18(23-22-17)24-13-12-14-6-4-5-9-16(14)24/h4-6,9-11,15H,1-3,7-8,12-13H2,(H2,20,21,22,25). The van der Waals surface area contributed by atoms with E-state index in [2.05, 4.69) is 43.9 Å². The van der Waals surface area contributed by atoms with Gasteiger partial charge in [0.15, 0.2) is 11.6 Å². The van der Waals surface area contributed by atoms with Crippen molar-refractivity contribution in [1.29, 1.82) is 0 Å². The number of para-hydroxylation sites is 1. The van der Waals surface area contributed by atoms with E-state index in [-0.39, 0.29) is 12.1 Å². The smallest absolute Gasteiger partial charge is 0.320 e. The van der Waals surface area contributed by atoms with Crippen LogP contribution < -0.4 is 15.5 Å². The minimum absolute atomic E-state index is 0.194. The summed E-state index contributed by atoms with van der Waals surface area (Å²) in [4.78, 5) is 14.2. The number of anilines is 3. The monoisotopic (exact) mass is 337 g/mol. The number of nitrogens with one attached hydrogen (secondary N) is 2. The molecule has 0 unspecified atom stereocenters. The van der Waals surface area contributed by atoms with Crippen molar-refractivity contribution in [2.45, 2.75) is 44.6 Å². The Morgan fingerprint density at radius 2 is 1.88 bits per heavy atom. The van der Waals surface area contributed by atoms with Gasteiger partial charge in [-0.15, -0.1) is 10.2 Å². The molecular weight excluding hydrogens is 314 g/mol. The second-order valence-electron chi connectivity index (χ2n) is 6.74. The minimum atomic E-state index is -0.194. The number of nitrogens with zero attached hydrogens (tertiary/aromatic N) is 3. The fourth-order valence-corrected chi connectivity index (χ4v) is 3.70. The molecular formula is C19H23N5O. The van der Waals surface area contributed by atoms with E-state index < -0.39 is 0 Å². The Labute approximate surface area is 147 Å². The van der Waals surface area contributed by atoms with Gasteiger partial charge in [0.1, 0.15) is 0 Å². The van der Waals surface area contributed by atoms with Gasteiger partial charge < -0.3 is 10.2 Å². The Kier molecular flexibility index (Phi) is 4.50. The van der Waals surface area contributed by atoms with Crippen molar-refractivity contribution in [3.05, 3.63) is 42.0 Å². The third-order valence-corrected chi connectivity index (χ3v) is 5.00. The average Bonchev–Trinajstić information content (AvgIpc) is 3.07. The van der Waals surface area contributed by atoms with Crippen LogP contribution >= 0.6 is 0 Å². The number of urea groups is 1. The zero-order valence-electron chi connectivity index (χ0n) is 14.2. The van der Waals surface area contributed by atoms with E-state index in [4.69, 9.17) is 0 Å². The molecule has 6 heteroatoms. The van der Waals surface area contributed by atoms with E-state index in [0.29, 0.717) is 5.82 Å². The maximum atomic E-state index is 12.1. The van der Waals surface area contributed by atoms with Crippen molar-refractivity contribution in [2.24, 2.45) is 0 Å². The Balaban J connectivity index is 1.38. The van der Waals surface area contributed by atoms with Gasteiger partial charge in [0.25, 0.3) is 0 Å². The topological polar surface area (TPSA) is 70.2 Å². The third-order valence-electron chi connectivity index (χ3n) is 5.00. The van der Waals surface area contributed by atoms with Gasteiger partial charge in [0, 0.05) is 18.3 Å². The first-order chi connectivity index (χ1) is 12.3. The molecule has 0 spiro atoms. The van der Waals surface area contributed by atoms with E-state index in [1.165, 1.54) is 30.5 Å². The third kappa shape index (κ3) is 3.57. The number of amides is 2. The molecule has 2 heterocycles. The summed E-state index contributed by atoms with van der Waals surface area (Å²) in [6, 6.07) is 12.2. The van der Waals surface area contributed by atoms with Crippen molar-refractivity contribution in [1.82, 2.24) is 15.5 Å². The molecule has 0 atom stereocenters. The number of hydrogen-bond donors (Lipinski definition) is 2. The number of aromatic nitrogens is 2.